The minimum Gasteiger partial charge on any atom is -0.489 e. The van der Waals surface area contributed by atoms with E-state index < -0.39 is 0 Å². The predicted octanol–water partition coefficient (Wildman–Crippen LogP) is 4.15. The molecule has 0 radical (unpaired) electrons. The van der Waals surface area contributed by atoms with E-state index in [-0.39, 0.29) is 5.91 Å². The van der Waals surface area contributed by atoms with Crippen LogP contribution >= 0.6 is 0 Å². The van der Waals surface area contributed by atoms with Gasteiger partial charge in [0.2, 0.25) is 0 Å². The van der Waals surface area contributed by atoms with Crippen molar-refractivity contribution in [3.05, 3.63) is 82.2 Å². The van der Waals surface area contributed by atoms with Crippen molar-refractivity contribution < 1.29 is 14.1 Å². The Labute approximate surface area is 159 Å². The fourth-order valence-corrected chi connectivity index (χ4v) is 2.86. The van der Waals surface area contributed by atoms with Gasteiger partial charge in [0, 0.05) is 12.1 Å². The average Bonchev–Trinajstić information content (AvgIpc) is 2.98. The molecule has 2 aromatic carbocycles. The molecule has 0 atom stereocenters. The zero-order valence-electron chi connectivity index (χ0n) is 15.9. The SMILES string of the molecule is Cc1cccc(CCNC(=O)c2ccc(OCc3c(C)noc3C)cc2)c1. The molecule has 1 heterocycles. The maximum atomic E-state index is 12.3. The largest absolute Gasteiger partial charge is 0.489 e. The molecule has 0 unspecified atom stereocenters. The molecule has 140 valence electrons. The molecule has 0 aliphatic carbocycles. The minimum atomic E-state index is -0.0834. The van der Waals surface area contributed by atoms with Gasteiger partial charge < -0.3 is 14.6 Å². The first-order valence-electron chi connectivity index (χ1n) is 9.01. The fourth-order valence-electron chi connectivity index (χ4n) is 2.86. The lowest BCUT2D eigenvalue weighted by molar-refractivity contribution is 0.0954. The molecule has 1 aromatic heterocycles. The molecule has 0 fully saturated rings. The normalized spacial score (nSPS) is 10.6. The Hall–Kier alpha value is -3.08. The molecule has 3 rings (SSSR count). The van der Waals surface area contributed by atoms with E-state index in [4.69, 9.17) is 9.26 Å². The van der Waals surface area contributed by atoms with E-state index in [2.05, 4.69) is 35.6 Å². The third-order valence-electron chi connectivity index (χ3n) is 4.46. The molecule has 3 aromatic rings. The molecule has 27 heavy (non-hydrogen) atoms. The Morgan fingerprint density at radius 3 is 2.56 bits per heavy atom. The third-order valence-corrected chi connectivity index (χ3v) is 4.46. The number of carbonyl (C=O) groups is 1. The van der Waals surface area contributed by atoms with Gasteiger partial charge in [-0.2, -0.15) is 0 Å². The smallest absolute Gasteiger partial charge is 0.251 e. The summed E-state index contributed by atoms with van der Waals surface area (Å²) >= 11 is 0. The highest BCUT2D eigenvalue weighted by molar-refractivity contribution is 5.94. The number of nitrogens with one attached hydrogen (secondary N) is 1. The van der Waals surface area contributed by atoms with Gasteiger partial charge in [-0.15, -0.1) is 0 Å². The lowest BCUT2D eigenvalue weighted by atomic mass is 10.1. The number of ether oxygens (including phenoxy) is 1. The zero-order chi connectivity index (χ0) is 19.2. The monoisotopic (exact) mass is 364 g/mol. The van der Waals surface area contributed by atoms with E-state index in [0.29, 0.717) is 24.5 Å². The molecule has 0 saturated heterocycles. The fraction of sp³-hybridized carbons (Fsp3) is 0.273. The lowest BCUT2D eigenvalue weighted by Crippen LogP contribution is -2.25. The van der Waals surface area contributed by atoms with Gasteiger partial charge in [-0.3, -0.25) is 4.79 Å². The van der Waals surface area contributed by atoms with Crippen LogP contribution in [0.3, 0.4) is 0 Å². The minimum absolute atomic E-state index is 0.0834. The highest BCUT2D eigenvalue weighted by Crippen LogP contribution is 2.18. The van der Waals surface area contributed by atoms with Crippen LogP contribution in [-0.2, 0) is 13.0 Å². The van der Waals surface area contributed by atoms with Gasteiger partial charge in [0.25, 0.3) is 5.91 Å². The highest BCUT2D eigenvalue weighted by Gasteiger charge is 2.10. The van der Waals surface area contributed by atoms with Crippen molar-refractivity contribution in [2.45, 2.75) is 33.8 Å². The summed E-state index contributed by atoms with van der Waals surface area (Å²) in [7, 11) is 0. The van der Waals surface area contributed by atoms with E-state index in [9.17, 15) is 4.79 Å². The van der Waals surface area contributed by atoms with Gasteiger partial charge in [0.15, 0.2) is 0 Å². The molecule has 0 aliphatic rings. The van der Waals surface area contributed by atoms with E-state index in [1.54, 1.807) is 24.3 Å². The Morgan fingerprint density at radius 2 is 1.89 bits per heavy atom. The number of hydrogen-bond donors (Lipinski definition) is 1. The van der Waals surface area contributed by atoms with Crippen LogP contribution in [-0.4, -0.2) is 17.6 Å². The maximum absolute atomic E-state index is 12.3. The second kappa shape index (κ2) is 8.54. The number of carbonyl (C=O) groups excluding carboxylic acids is 1. The number of aromatic nitrogens is 1. The molecular weight excluding hydrogens is 340 g/mol. The van der Waals surface area contributed by atoms with Crippen molar-refractivity contribution in [2.75, 3.05) is 6.54 Å². The Balaban J connectivity index is 1.49. The molecule has 0 saturated carbocycles. The summed E-state index contributed by atoms with van der Waals surface area (Å²) in [5.41, 5.74) is 4.85. The first kappa shape index (κ1) is 18.7. The van der Waals surface area contributed by atoms with Gasteiger partial charge >= 0.3 is 0 Å². The molecule has 0 aliphatic heterocycles. The van der Waals surface area contributed by atoms with E-state index in [0.717, 1.165) is 23.4 Å². The quantitative estimate of drug-likeness (QED) is 0.684. The van der Waals surface area contributed by atoms with Crippen molar-refractivity contribution in [3.63, 3.8) is 0 Å². The Kier molecular flexibility index (Phi) is 5.91. The maximum Gasteiger partial charge on any atom is 0.251 e. The van der Waals surface area contributed by atoms with Gasteiger partial charge in [0.1, 0.15) is 18.1 Å². The molecular formula is C22H24N2O3. The van der Waals surface area contributed by atoms with Crippen molar-refractivity contribution in [2.24, 2.45) is 0 Å². The molecule has 5 heteroatoms. The Morgan fingerprint density at radius 1 is 1.11 bits per heavy atom. The van der Waals surface area contributed by atoms with Crippen molar-refractivity contribution in [3.8, 4) is 5.75 Å². The number of rotatable bonds is 7. The molecule has 1 N–H and O–H groups in total. The lowest BCUT2D eigenvalue weighted by Gasteiger charge is -2.08. The second-order valence-electron chi connectivity index (χ2n) is 6.61. The van der Waals surface area contributed by atoms with E-state index in [1.165, 1.54) is 11.1 Å². The summed E-state index contributed by atoms with van der Waals surface area (Å²) in [5.74, 6) is 1.38. The Bertz CT molecular complexity index is 894. The number of aryl methyl sites for hydroxylation is 3. The van der Waals surface area contributed by atoms with Gasteiger partial charge in [0.05, 0.1) is 11.3 Å². The number of nitrogens with zero attached hydrogens (tertiary/aromatic N) is 1. The first-order chi connectivity index (χ1) is 13.0. The molecule has 0 bridgehead atoms. The summed E-state index contributed by atoms with van der Waals surface area (Å²) in [4.78, 5) is 12.3. The summed E-state index contributed by atoms with van der Waals surface area (Å²) in [6.07, 6.45) is 0.812. The number of amides is 1. The number of hydrogen-bond acceptors (Lipinski definition) is 4. The van der Waals surface area contributed by atoms with Crippen LogP contribution in [0.2, 0.25) is 0 Å². The van der Waals surface area contributed by atoms with Crippen LogP contribution in [0.25, 0.3) is 0 Å². The van der Waals surface area contributed by atoms with Gasteiger partial charge in [-0.1, -0.05) is 35.0 Å². The van der Waals surface area contributed by atoms with Crippen LogP contribution in [0.5, 0.6) is 5.75 Å². The average molecular weight is 364 g/mol. The molecule has 5 nitrogen and oxygen atoms in total. The summed E-state index contributed by atoms with van der Waals surface area (Å²) in [6, 6.07) is 15.4. The van der Waals surface area contributed by atoms with Crippen LogP contribution in [0, 0.1) is 20.8 Å². The van der Waals surface area contributed by atoms with Crippen LogP contribution in [0.1, 0.15) is 38.5 Å². The zero-order valence-corrected chi connectivity index (χ0v) is 15.9. The van der Waals surface area contributed by atoms with Gasteiger partial charge in [-0.25, -0.2) is 0 Å². The summed E-state index contributed by atoms with van der Waals surface area (Å²) in [6.45, 7) is 6.81. The van der Waals surface area contributed by atoms with Crippen LogP contribution in [0.4, 0.5) is 0 Å². The topological polar surface area (TPSA) is 64.4 Å². The third kappa shape index (κ3) is 4.97. The second-order valence-corrected chi connectivity index (χ2v) is 6.61. The standard InChI is InChI=1S/C22H24N2O3/c1-15-5-4-6-18(13-15)11-12-23-22(25)19-7-9-20(10-8-19)26-14-21-16(2)24-27-17(21)3/h4-10,13H,11-12,14H2,1-3H3,(H,23,25). The highest BCUT2D eigenvalue weighted by atomic mass is 16.5. The first-order valence-corrected chi connectivity index (χ1v) is 9.01. The summed E-state index contributed by atoms with van der Waals surface area (Å²) < 4.78 is 10.9. The van der Waals surface area contributed by atoms with E-state index in [1.807, 2.05) is 19.9 Å². The molecule has 1 amide bonds. The number of benzene rings is 2. The van der Waals surface area contributed by atoms with Gasteiger partial charge in [-0.05, 0) is 57.0 Å². The van der Waals surface area contributed by atoms with E-state index >= 15 is 0 Å². The predicted molar refractivity (Wildman–Crippen MR) is 104 cm³/mol. The summed E-state index contributed by atoms with van der Waals surface area (Å²) in [5, 5.41) is 6.87. The van der Waals surface area contributed by atoms with Crippen molar-refractivity contribution in [1.82, 2.24) is 10.5 Å². The van der Waals surface area contributed by atoms with Crippen molar-refractivity contribution in [1.29, 1.82) is 0 Å². The van der Waals surface area contributed by atoms with Crippen LogP contribution < -0.4 is 10.1 Å². The van der Waals surface area contributed by atoms with Crippen LogP contribution in [0.15, 0.2) is 53.1 Å². The van der Waals surface area contributed by atoms with Crippen molar-refractivity contribution >= 4 is 5.91 Å². The molecule has 0 spiro atoms.